The Morgan fingerprint density at radius 1 is 0.900 bits per heavy atom. The van der Waals surface area contributed by atoms with E-state index in [1.807, 2.05) is 67.7 Å². The van der Waals surface area contributed by atoms with Crippen LogP contribution in [-0.4, -0.2) is 18.5 Å². The first-order valence-electron chi connectivity index (χ1n) is 6.65. The normalized spacial score (nSPS) is 14.8. The van der Waals surface area contributed by atoms with Crippen LogP contribution in [0.25, 0.3) is 11.1 Å². The fourth-order valence-corrected chi connectivity index (χ4v) is 2.39. The van der Waals surface area contributed by atoms with E-state index in [1.54, 1.807) is 0 Å². The maximum atomic E-state index is 12.3. The molecule has 0 saturated heterocycles. The summed E-state index contributed by atoms with van der Waals surface area (Å²) in [7, 11) is 0. The molecule has 0 aromatic heterocycles. The molecule has 0 spiro atoms. The van der Waals surface area contributed by atoms with Crippen LogP contribution < -0.4 is 0 Å². The van der Waals surface area contributed by atoms with Gasteiger partial charge in [-0.3, -0.25) is 9.79 Å². The molecule has 20 heavy (non-hydrogen) atoms. The summed E-state index contributed by atoms with van der Waals surface area (Å²) in [6.45, 7) is 2.28. The Hall–Kier alpha value is -2.48. The molecule has 0 N–H and O–H groups in total. The highest BCUT2D eigenvalue weighted by atomic mass is 16.1. The van der Waals surface area contributed by atoms with Crippen molar-refractivity contribution in [2.45, 2.75) is 6.92 Å². The Balaban J connectivity index is 2.19. The van der Waals surface area contributed by atoms with Crippen molar-refractivity contribution in [3.63, 3.8) is 0 Å². The van der Waals surface area contributed by atoms with E-state index in [0.29, 0.717) is 0 Å². The quantitative estimate of drug-likeness (QED) is 0.812. The molecular formula is C18H15NO. The van der Waals surface area contributed by atoms with Gasteiger partial charge in [0.05, 0.1) is 0 Å². The first-order valence-corrected chi connectivity index (χ1v) is 6.65. The molecule has 0 aliphatic carbocycles. The van der Waals surface area contributed by atoms with Gasteiger partial charge in [0.15, 0.2) is 5.78 Å². The molecule has 1 heterocycles. The van der Waals surface area contributed by atoms with Crippen molar-refractivity contribution in [1.82, 2.24) is 0 Å². The van der Waals surface area contributed by atoms with Crippen LogP contribution in [-0.2, 0) is 4.79 Å². The van der Waals surface area contributed by atoms with Crippen molar-refractivity contribution < 1.29 is 4.79 Å². The third-order valence-electron chi connectivity index (χ3n) is 3.43. The van der Waals surface area contributed by atoms with Gasteiger partial charge in [0.1, 0.15) is 6.54 Å². The summed E-state index contributed by atoms with van der Waals surface area (Å²) in [5.41, 5.74) is 4.86. The van der Waals surface area contributed by atoms with E-state index in [2.05, 4.69) is 4.99 Å². The number of carbonyl (C=O) groups is 1. The van der Waals surface area contributed by atoms with Gasteiger partial charge in [-0.1, -0.05) is 60.2 Å². The third-order valence-corrected chi connectivity index (χ3v) is 3.43. The van der Waals surface area contributed by atoms with E-state index in [-0.39, 0.29) is 12.3 Å². The van der Waals surface area contributed by atoms with Gasteiger partial charge in [-0.2, -0.15) is 0 Å². The summed E-state index contributed by atoms with van der Waals surface area (Å²) in [5.74, 6) is 0.0789. The maximum Gasteiger partial charge on any atom is 0.185 e. The van der Waals surface area contributed by atoms with Crippen LogP contribution in [0.1, 0.15) is 16.7 Å². The average molecular weight is 261 g/mol. The number of Topliss-reactive ketones (excluding diaryl/α,β-unsaturated/α-hetero) is 1. The van der Waals surface area contributed by atoms with E-state index in [0.717, 1.165) is 22.3 Å². The predicted molar refractivity (Wildman–Crippen MR) is 82.8 cm³/mol. The van der Waals surface area contributed by atoms with Gasteiger partial charge in [0, 0.05) is 17.4 Å². The van der Waals surface area contributed by atoms with Crippen LogP contribution in [0.3, 0.4) is 0 Å². The summed E-state index contributed by atoms with van der Waals surface area (Å²) in [5, 5.41) is 0. The molecule has 1 aliphatic rings. The average Bonchev–Trinajstić information content (AvgIpc) is 2.49. The minimum Gasteiger partial charge on any atom is -0.292 e. The lowest BCUT2D eigenvalue weighted by molar-refractivity contribution is -0.112. The molecule has 2 nitrogen and oxygen atoms in total. The number of dihydropyridines is 1. The van der Waals surface area contributed by atoms with Crippen LogP contribution in [0.15, 0.2) is 59.6 Å². The van der Waals surface area contributed by atoms with Gasteiger partial charge >= 0.3 is 0 Å². The molecule has 0 bridgehead atoms. The van der Waals surface area contributed by atoms with Crippen LogP contribution >= 0.6 is 0 Å². The van der Waals surface area contributed by atoms with Gasteiger partial charge in [-0.15, -0.1) is 0 Å². The Morgan fingerprint density at radius 2 is 1.60 bits per heavy atom. The Morgan fingerprint density at radius 3 is 2.30 bits per heavy atom. The fourth-order valence-electron chi connectivity index (χ4n) is 2.39. The van der Waals surface area contributed by atoms with Crippen LogP contribution in [0.4, 0.5) is 0 Å². The highest BCUT2D eigenvalue weighted by molar-refractivity contribution is 6.39. The lowest BCUT2D eigenvalue weighted by atomic mass is 9.90. The smallest absolute Gasteiger partial charge is 0.185 e. The largest absolute Gasteiger partial charge is 0.292 e. The second-order valence-corrected chi connectivity index (χ2v) is 4.91. The molecule has 2 aromatic carbocycles. The number of ketones is 1. The number of carbonyl (C=O) groups excluding carboxylic acids is 1. The summed E-state index contributed by atoms with van der Waals surface area (Å²) < 4.78 is 0. The van der Waals surface area contributed by atoms with Gasteiger partial charge in [-0.05, 0) is 18.1 Å². The third kappa shape index (κ3) is 2.32. The van der Waals surface area contributed by atoms with Crippen LogP contribution in [0.5, 0.6) is 0 Å². The molecule has 2 heteroatoms. The second-order valence-electron chi connectivity index (χ2n) is 4.91. The number of aliphatic imine (C=N–C) groups is 1. The fraction of sp³-hybridized carbons (Fsp3) is 0.111. The molecule has 0 amide bonds. The zero-order chi connectivity index (χ0) is 13.9. The summed E-state index contributed by atoms with van der Waals surface area (Å²) in [4.78, 5) is 16.5. The van der Waals surface area contributed by atoms with Crippen molar-refractivity contribution in [2.24, 2.45) is 4.99 Å². The number of nitrogens with zero attached hydrogens (tertiary/aromatic N) is 1. The monoisotopic (exact) mass is 261 g/mol. The second kappa shape index (κ2) is 5.25. The molecule has 98 valence electrons. The van der Waals surface area contributed by atoms with E-state index in [4.69, 9.17) is 0 Å². The van der Waals surface area contributed by atoms with Crippen molar-refractivity contribution >= 4 is 23.1 Å². The lowest BCUT2D eigenvalue weighted by Gasteiger charge is -2.15. The number of allylic oxidation sites excluding steroid dienone is 1. The molecule has 0 saturated carbocycles. The number of hydrogen-bond donors (Lipinski definition) is 0. The molecule has 1 aliphatic heterocycles. The van der Waals surface area contributed by atoms with Crippen LogP contribution in [0, 0.1) is 6.92 Å². The van der Waals surface area contributed by atoms with Gasteiger partial charge < -0.3 is 0 Å². The molecule has 0 radical (unpaired) electrons. The first kappa shape index (κ1) is 12.5. The maximum absolute atomic E-state index is 12.3. The highest BCUT2D eigenvalue weighted by Gasteiger charge is 2.20. The number of hydrogen-bond acceptors (Lipinski definition) is 2. The van der Waals surface area contributed by atoms with Crippen molar-refractivity contribution in [2.75, 3.05) is 6.54 Å². The van der Waals surface area contributed by atoms with Crippen molar-refractivity contribution in [3.05, 3.63) is 71.3 Å². The number of rotatable bonds is 2. The Labute approximate surface area is 118 Å². The van der Waals surface area contributed by atoms with E-state index < -0.39 is 0 Å². The number of aryl methyl sites for hydroxylation is 1. The summed E-state index contributed by atoms with van der Waals surface area (Å²) in [6, 6.07) is 18.0. The number of benzene rings is 2. The lowest BCUT2D eigenvalue weighted by Crippen LogP contribution is -2.13. The van der Waals surface area contributed by atoms with Crippen molar-refractivity contribution in [1.29, 1.82) is 0 Å². The summed E-state index contributed by atoms with van der Waals surface area (Å²) in [6.07, 6.45) is 1.81. The standard InChI is InChI=1S/C18H15NO/c1-13-7-9-15(10-8-13)18-16(11-19-12-17(18)20)14-5-3-2-4-6-14/h2-11H,12H2,1H3. The minimum atomic E-state index is 0.0789. The van der Waals surface area contributed by atoms with E-state index >= 15 is 0 Å². The van der Waals surface area contributed by atoms with E-state index in [1.165, 1.54) is 5.56 Å². The summed E-state index contributed by atoms with van der Waals surface area (Å²) >= 11 is 0. The predicted octanol–water partition coefficient (Wildman–Crippen LogP) is 3.56. The molecular weight excluding hydrogens is 246 g/mol. The van der Waals surface area contributed by atoms with Gasteiger partial charge in [-0.25, -0.2) is 0 Å². The highest BCUT2D eigenvalue weighted by Crippen LogP contribution is 2.28. The molecule has 0 atom stereocenters. The zero-order valence-electron chi connectivity index (χ0n) is 11.3. The van der Waals surface area contributed by atoms with Crippen molar-refractivity contribution in [3.8, 4) is 0 Å². The topological polar surface area (TPSA) is 29.4 Å². The Kier molecular flexibility index (Phi) is 3.30. The van der Waals surface area contributed by atoms with Gasteiger partial charge in [0.2, 0.25) is 0 Å². The SMILES string of the molecule is Cc1ccc(C2=C(c3ccccc3)C=NCC2=O)cc1. The molecule has 3 rings (SSSR count). The van der Waals surface area contributed by atoms with E-state index in [9.17, 15) is 4.79 Å². The molecule has 0 fully saturated rings. The van der Waals surface area contributed by atoms with Crippen LogP contribution in [0.2, 0.25) is 0 Å². The van der Waals surface area contributed by atoms with Gasteiger partial charge in [0.25, 0.3) is 0 Å². The molecule has 2 aromatic rings. The molecule has 0 unspecified atom stereocenters. The first-order chi connectivity index (χ1) is 9.75. The zero-order valence-corrected chi connectivity index (χ0v) is 11.3. The Bertz CT molecular complexity index is 694. The minimum absolute atomic E-state index is 0.0789.